The summed E-state index contributed by atoms with van der Waals surface area (Å²) in [4.78, 5) is 0. The van der Waals surface area contributed by atoms with Crippen LogP contribution in [0.3, 0.4) is 0 Å². The SMILES string of the molecule is CCCCCCCCCCCCCCCc1ccc2c(c1)OCCOCCOc1cc(OCOc3ccc4c(c3)OCCOCCOc3cc(CCCCCCCCCCCCCCC)ccc3N=N4)ccc1N=N2. The van der Waals surface area contributed by atoms with Gasteiger partial charge in [-0.05, 0) is 85.3 Å². The molecule has 0 N–H and O–H groups in total. The molecule has 2 heterocycles. The van der Waals surface area contributed by atoms with Gasteiger partial charge in [0.15, 0.2) is 11.5 Å². The van der Waals surface area contributed by atoms with Gasteiger partial charge in [-0.1, -0.05) is 180 Å². The molecule has 0 unspecified atom stereocenters. The molecule has 0 amide bonds. The fraction of sp³-hybridized carbons (Fsp3) is 0.619. The third kappa shape index (κ3) is 24.1. The fourth-order valence-electron chi connectivity index (χ4n) is 9.51. The third-order valence-corrected chi connectivity index (χ3v) is 14.0. The molecule has 0 bridgehead atoms. The second-order valence-corrected chi connectivity index (χ2v) is 20.3. The quantitative estimate of drug-likeness (QED) is 0.0350. The minimum atomic E-state index is -0.0639. The lowest BCUT2D eigenvalue weighted by molar-refractivity contribution is 0.0763. The summed E-state index contributed by atoms with van der Waals surface area (Å²) in [7, 11) is 0. The van der Waals surface area contributed by atoms with Gasteiger partial charge in [-0.15, -0.1) is 20.5 Å². The van der Waals surface area contributed by atoms with Crippen LogP contribution in [-0.2, 0) is 22.3 Å². The molecule has 2 aliphatic rings. The van der Waals surface area contributed by atoms with Gasteiger partial charge in [-0.3, -0.25) is 0 Å². The van der Waals surface area contributed by atoms with E-state index in [1.54, 1.807) is 12.1 Å². The lowest BCUT2D eigenvalue weighted by Crippen LogP contribution is -2.12. The summed E-state index contributed by atoms with van der Waals surface area (Å²) in [5.41, 5.74) is 4.94. The zero-order valence-corrected chi connectivity index (χ0v) is 46.1. The van der Waals surface area contributed by atoms with Crippen molar-refractivity contribution in [1.82, 2.24) is 0 Å². The van der Waals surface area contributed by atoms with Crippen molar-refractivity contribution in [1.29, 1.82) is 0 Å². The van der Waals surface area contributed by atoms with E-state index in [0.717, 1.165) is 25.7 Å². The highest BCUT2D eigenvalue weighted by Gasteiger charge is 2.14. The van der Waals surface area contributed by atoms with Crippen LogP contribution < -0.4 is 28.4 Å². The molecule has 12 nitrogen and oxygen atoms in total. The van der Waals surface area contributed by atoms with E-state index in [-0.39, 0.29) is 6.79 Å². The van der Waals surface area contributed by atoms with Crippen LogP contribution in [0.1, 0.15) is 192 Å². The molecule has 412 valence electrons. The first-order chi connectivity index (χ1) is 37.2. The molecular weight excluding hydrogens is 941 g/mol. The van der Waals surface area contributed by atoms with E-state index >= 15 is 0 Å². The van der Waals surface area contributed by atoms with Gasteiger partial charge in [-0.25, -0.2) is 0 Å². The van der Waals surface area contributed by atoms with Crippen molar-refractivity contribution in [2.45, 2.75) is 194 Å². The summed E-state index contributed by atoms with van der Waals surface area (Å²) < 4.78 is 48.5. The number of benzene rings is 4. The minimum absolute atomic E-state index is 0.0639. The highest BCUT2D eigenvalue weighted by molar-refractivity contribution is 5.59. The van der Waals surface area contributed by atoms with E-state index in [9.17, 15) is 0 Å². The number of azo groups is 2. The van der Waals surface area contributed by atoms with Gasteiger partial charge < -0.3 is 37.9 Å². The second kappa shape index (κ2) is 37.5. The molecular formula is C63H92N4O8. The van der Waals surface area contributed by atoms with Crippen molar-refractivity contribution < 1.29 is 37.9 Å². The number of hydrogen-bond acceptors (Lipinski definition) is 12. The predicted octanol–water partition coefficient (Wildman–Crippen LogP) is 18.8. The van der Waals surface area contributed by atoms with Crippen molar-refractivity contribution in [3.63, 3.8) is 0 Å². The Morgan fingerprint density at radius 3 is 0.920 bits per heavy atom. The van der Waals surface area contributed by atoms with Crippen molar-refractivity contribution in [3.8, 4) is 34.5 Å². The molecule has 2 aliphatic heterocycles. The van der Waals surface area contributed by atoms with Gasteiger partial charge in [0.25, 0.3) is 0 Å². The second-order valence-electron chi connectivity index (χ2n) is 20.3. The molecule has 0 saturated heterocycles. The Bertz CT molecular complexity index is 2060. The maximum Gasteiger partial charge on any atom is 0.230 e. The highest BCUT2D eigenvalue weighted by Crippen LogP contribution is 2.38. The van der Waals surface area contributed by atoms with Crippen molar-refractivity contribution in [2.75, 3.05) is 59.6 Å². The Hall–Kier alpha value is -5.20. The number of hydrogen-bond donors (Lipinski definition) is 0. The Balaban J connectivity index is 0.963. The fourth-order valence-corrected chi connectivity index (χ4v) is 9.51. The summed E-state index contributed by atoms with van der Waals surface area (Å²) in [5.74, 6) is 3.56. The molecule has 75 heavy (non-hydrogen) atoms. The van der Waals surface area contributed by atoms with Crippen LogP contribution in [0.4, 0.5) is 22.7 Å². The van der Waals surface area contributed by atoms with E-state index in [1.165, 1.54) is 165 Å². The molecule has 0 aliphatic carbocycles. The number of aryl methyl sites for hydroxylation is 2. The molecule has 0 spiro atoms. The Morgan fingerprint density at radius 2 is 0.600 bits per heavy atom. The van der Waals surface area contributed by atoms with Crippen molar-refractivity contribution >= 4 is 22.7 Å². The predicted molar refractivity (Wildman–Crippen MR) is 303 cm³/mol. The van der Waals surface area contributed by atoms with Gasteiger partial charge in [0.1, 0.15) is 72.2 Å². The van der Waals surface area contributed by atoms with Crippen LogP contribution in [0.25, 0.3) is 0 Å². The maximum absolute atomic E-state index is 6.18. The van der Waals surface area contributed by atoms with Crippen LogP contribution in [0.2, 0.25) is 0 Å². The number of rotatable bonds is 32. The van der Waals surface area contributed by atoms with E-state index < -0.39 is 0 Å². The molecule has 6 rings (SSSR count). The van der Waals surface area contributed by atoms with Crippen LogP contribution in [0.15, 0.2) is 93.3 Å². The molecule has 0 radical (unpaired) electrons. The van der Waals surface area contributed by atoms with Crippen molar-refractivity contribution in [2.24, 2.45) is 20.5 Å². The molecule has 12 heteroatoms. The van der Waals surface area contributed by atoms with Gasteiger partial charge in [0.2, 0.25) is 6.79 Å². The van der Waals surface area contributed by atoms with Crippen LogP contribution in [-0.4, -0.2) is 59.6 Å². The Labute approximate surface area is 451 Å². The van der Waals surface area contributed by atoms with Gasteiger partial charge in [-0.2, -0.15) is 0 Å². The first kappa shape index (κ1) is 59.1. The maximum atomic E-state index is 6.18. The van der Waals surface area contributed by atoms with Gasteiger partial charge in [0.05, 0.1) is 26.4 Å². The lowest BCUT2D eigenvalue weighted by atomic mass is 10.0. The molecule has 0 saturated carbocycles. The average molecular weight is 1030 g/mol. The molecule has 4 aromatic carbocycles. The molecule has 4 aromatic rings. The normalized spacial score (nSPS) is 14.0. The summed E-state index contributed by atoms with van der Waals surface area (Å²) in [6, 6.07) is 23.4. The third-order valence-electron chi connectivity index (χ3n) is 14.0. The number of ether oxygens (including phenoxy) is 8. The largest absolute Gasteiger partial charge is 0.489 e. The summed E-state index contributed by atoms with van der Waals surface area (Å²) >= 11 is 0. The number of fused-ring (bicyclic) bond motifs is 4. The van der Waals surface area contributed by atoms with Crippen LogP contribution in [0, 0.1) is 0 Å². The monoisotopic (exact) mass is 1030 g/mol. The van der Waals surface area contributed by atoms with Gasteiger partial charge >= 0.3 is 0 Å². The first-order valence-electron chi connectivity index (χ1n) is 29.5. The Kier molecular flexibility index (Phi) is 29.5. The zero-order valence-electron chi connectivity index (χ0n) is 46.1. The molecule has 0 aromatic heterocycles. The minimum Gasteiger partial charge on any atom is -0.489 e. The van der Waals surface area contributed by atoms with Gasteiger partial charge in [0, 0.05) is 12.1 Å². The molecule has 0 atom stereocenters. The van der Waals surface area contributed by atoms with E-state index in [0.29, 0.717) is 110 Å². The zero-order chi connectivity index (χ0) is 52.1. The van der Waals surface area contributed by atoms with E-state index in [4.69, 9.17) is 37.9 Å². The summed E-state index contributed by atoms with van der Waals surface area (Å²) in [5, 5.41) is 18.5. The van der Waals surface area contributed by atoms with E-state index in [2.05, 4.69) is 58.6 Å². The highest BCUT2D eigenvalue weighted by atomic mass is 16.7. The van der Waals surface area contributed by atoms with Crippen LogP contribution >= 0.6 is 0 Å². The summed E-state index contributed by atoms with van der Waals surface area (Å²) in [6.45, 7) is 7.64. The molecule has 0 fully saturated rings. The van der Waals surface area contributed by atoms with Crippen LogP contribution in [0.5, 0.6) is 34.5 Å². The topological polar surface area (TPSA) is 123 Å². The first-order valence-corrected chi connectivity index (χ1v) is 29.5. The standard InChI is InChI=1S/C63H92N4O8/c1-3-5-7-9-11-13-15-17-19-21-23-25-27-29-52-31-35-56-60(47-52)70-43-39-68-41-45-72-62-49-54(33-37-58(62)66-64-56)74-51-75-55-34-38-59-63(50-55)73-46-42-69-40-44-71-61-48-53(32-36-57(61)65-67-59)30-28-26-24-22-20-18-16-14-12-10-8-6-4-2/h31-38,47-50H,3-30,39-46,51H2,1-2H3. The average Bonchev–Trinajstić information content (AvgIpc) is 3.45. The number of nitrogens with zero attached hydrogens (tertiary/aromatic N) is 4. The summed E-state index contributed by atoms with van der Waals surface area (Å²) in [6.07, 6.45) is 37.0. The Morgan fingerprint density at radius 1 is 0.320 bits per heavy atom. The lowest BCUT2D eigenvalue weighted by Gasteiger charge is -2.13. The van der Waals surface area contributed by atoms with Crippen molar-refractivity contribution in [3.05, 3.63) is 83.9 Å². The number of unbranched alkanes of at least 4 members (excludes halogenated alkanes) is 24. The smallest absolute Gasteiger partial charge is 0.230 e. The van der Waals surface area contributed by atoms with E-state index in [1.807, 2.05) is 36.4 Å².